The minimum Gasteiger partial charge on any atom is -0.480 e. The molecule has 0 aromatic heterocycles. The lowest BCUT2D eigenvalue weighted by molar-refractivity contribution is -0.149. The highest BCUT2D eigenvalue weighted by Crippen LogP contribution is 2.42. The lowest BCUT2D eigenvalue weighted by Gasteiger charge is -2.24. The first-order valence-electron chi connectivity index (χ1n) is 7.80. The third kappa shape index (κ3) is 2.55. The van der Waals surface area contributed by atoms with E-state index >= 15 is 0 Å². The van der Waals surface area contributed by atoms with Crippen LogP contribution in [0.4, 0.5) is 0 Å². The second-order valence-electron chi connectivity index (χ2n) is 6.36. The van der Waals surface area contributed by atoms with Gasteiger partial charge in [-0.25, -0.2) is 4.79 Å². The maximum atomic E-state index is 12.4. The average Bonchev–Trinajstić information content (AvgIpc) is 3.10. The maximum Gasteiger partial charge on any atom is 0.326 e. The zero-order valence-electron chi connectivity index (χ0n) is 11.8. The molecule has 2 aliphatic heterocycles. The number of carbonyl (C=O) groups is 2. The molecule has 2 saturated heterocycles. The monoisotopic (exact) mass is 281 g/mol. The van der Waals surface area contributed by atoms with E-state index in [-0.39, 0.29) is 17.9 Å². The van der Waals surface area contributed by atoms with Crippen molar-refractivity contribution in [1.29, 1.82) is 0 Å². The van der Waals surface area contributed by atoms with Gasteiger partial charge >= 0.3 is 5.97 Å². The first-order chi connectivity index (χ1) is 9.66. The molecule has 0 radical (unpaired) electrons. The summed E-state index contributed by atoms with van der Waals surface area (Å²) < 4.78 is 5.53. The van der Waals surface area contributed by atoms with Crippen LogP contribution in [-0.2, 0) is 14.3 Å². The zero-order chi connectivity index (χ0) is 14.1. The zero-order valence-corrected chi connectivity index (χ0v) is 11.8. The number of hydrogen-bond acceptors (Lipinski definition) is 3. The van der Waals surface area contributed by atoms with Crippen molar-refractivity contribution in [3.05, 3.63) is 0 Å². The van der Waals surface area contributed by atoms with Crippen molar-refractivity contribution in [2.75, 3.05) is 13.2 Å². The van der Waals surface area contributed by atoms with Gasteiger partial charge in [-0.05, 0) is 43.9 Å². The van der Waals surface area contributed by atoms with Crippen LogP contribution in [0.25, 0.3) is 0 Å². The molecule has 0 aromatic carbocycles. The van der Waals surface area contributed by atoms with Gasteiger partial charge in [-0.1, -0.05) is 6.42 Å². The molecule has 5 nitrogen and oxygen atoms in total. The number of rotatable bonds is 4. The van der Waals surface area contributed by atoms with Crippen LogP contribution in [-0.4, -0.2) is 47.2 Å². The molecule has 3 rings (SSSR count). The number of carbonyl (C=O) groups excluding carboxylic acids is 1. The summed E-state index contributed by atoms with van der Waals surface area (Å²) in [6.07, 6.45) is 6.60. The highest BCUT2D eigenvalue weighted by molar-refractivity contribution is 5.84. The van der Waals surface area contributed by atoms with Crippen molar-refractivity contribution in [3.8, 4) is 0 Å². The fourth-order valence-corrected chi connectivity index (χ4v) is 4.18. The second kappa shape index (κ2) is 5.72. The molecule has 1 N–H and O–H groups in total. The highest BCUT2D eigenvalue weighted by Gasteiger charge is 2.49. The Kier molecular flexibility index (Phi) is 3.96. The van der Waals surface area contributed by atoms with Crippen LogP contribution in [0.3, 0.4) is 0 Å². The molecule has 0 bridgehead atoms. The number of aliphatic carboxylic acids is 1. The summed E-state index contributed by atoms with van der Waals surface area (Å²) in [6.45, 7) is 1.44. The van der Waals surface area contributed by atoms with Gasteiger partial charge in [0.05, 0.1) is 6.10 Å². The molecule has 112 valence electrons. The minimum atomic E-state index is -0.829. The average molecular weight is 281 g/mol. The van der Waals surface area contributed by atoms with E-state index in [9.17, 15) is 14.7 Å². The third-order valence-corrected chi connectivity index (χ3v) is 5.17. The molecular weight excluding hydrogens is 258 g/mol. The summed E-state index contributed by atoms with van der Waals surface area (Å²) in [4.78, 5) is 25.5. The van der Waals surface area contributed by atoms with E-state index < -0.39 is 12.0 Å². The molecule has 3 aliphatic rings. The lowest BCUT2D eigenvalue weighted by atomic mass is 9.94. The Bertz CT molecular complexity index is 391. The SMILES string of the molecule is O=C(O)C1C2CCCC2CN1C(=O)CCC1CCCO1. The van der Waals surface area contributed by atoms with E-state index in [1.54, 1.807) is 4.90 Å². The number of carboxylic acids is 1. The molecule has 5 heteroatoms. The van der Waals surface area contributed by atoms with Crippen LogP contribution in [0.2, 0.25) is 0 Å². The standard InChI is InChI=1S/C15H23NO4/c17-13(7-6-11-4-2-8-20-11)16-9-10-3-1-5-12(10)14(16)15(18)19/h10-12,14H,1-9H2,(H,18,19). The van der Waals surface area contributed by atoms with Gasteiger partial charge in [0.2, 0.25) is 5.91 Å². The molecule has 2 heterocycles. The molecule has 0 spiro atoms. The summed E-state index contributed by atoms with van der Waals surface area (Å²) in [6, 6.07) is -0.584. The fourth-order valence-electron chi connectivity index (χ4n) is 4.18. The van der Waals surface area contributed by atoms with Crippen molar-refractivity contribution in [3.63, 3.8) is 0 Å². The van der Waals surface area contributed by atoms with Crippen LogP contribution in [0.1, 0.15) is 44.9 Å². The van der Waals surface area contributed by atoms with Gasteiger partial charge in [0, 0.05) is 19.6 Å². The Balaban J connectivity index is 1.59. The molecule has 4 unspecified atom stereocenters. The van der Waals surface area contributed by atoms with E-state index in [1.165, 1.54) is 0 Å². The number of ether oxygens (including phenoxy) is 1. The van der Waals surface area contributed by atoms with E-state index in [2.05, 4.69) is 0 Å². The van der Waals surface area contributed by atoms with Crippen molar-refractivity contribution in [2.45, 2.75) is 57.1 Å². The molecule has 20 heavy (non-hydrogen) atoms. The molecule has 1 saturated carbocycles. The number of hydrogen-bond donors (Lipinski definition) is 1. The van der Waals surface area contributed by atoms with Gasteiger partial charge in [0.25, 0.3) is 0 Å². The van der Waals surface area contributed by atoms with E-state index in [1.807, 2.05) is 0 Å². The Hall–Kier alpha value is -1.10. The summed E-state index contributed by atoms with van der Waals surface area (Å²) in [5.74, 6) is -0.242. The number of carboxylic acid groups (broad SMARTS) is 1. The van der Waals surface area contributed by atoms with Crippen LogP contribution in [0.5, 0.6) is 0 Å². The highest BCUT2D eigenvalue weighted by atomic mass is 16.5. The van der Waals surface area contributed by atoms with Gasteiger partial charge in [0.15, 0.2) is 0 Å². The Morgan fingerprint density at radius 2 is 2.05 bits per heavy atom. The maximum absolute atomic E-state index is 12.4. The number of likely N-dealkylation sites (tertiary alicyclic amines) is 1. The third-order valence-electron chi connectivity index (χ3n) is 5.17. The minimum absolute atomic E-state index is 0.00213. The molecular formula is C15H23NO4. The molecule has 1 aliphatic carbocycles. The van der Waals surface area contributed by atoms with Crippen molar-refractivity contribution >= 4 is 11.9 Å². The van der Waals surface area contributed by atoms with Gasteiger partial charge in [-0.3, -0.25) is 4.79 Å². The largest absolute Gasteiger partial charge is 0.480 e. The Morgan fingerprint density at radius 1 is 1.20 bits per heavy atom. The Labute approximate surface area is 119 Å². The van der Waals surface area contributed by atoms with Crippen molar-refractivity contribution in [1.82, 2.24) is 4.90 Å². The lowest BCUT2D eigenvalue weighted by Crippen LogP contribution is -2.43. The topological polar surface area (TPSA) is 66.8 Å². The molecule has 1 amide bonds. The Morgan fingerprint density at radius 3 is 2.75 bits per heavy atom. The van der Waals surface area contributed by atoms with Crippen LogP contribution >= 0.6 is 0 Å². The van der Waals surface area contributed by atoms with E-state index in [4.69, 9.17) is 4.74 Å². The van der Waals surface area contributed by atoms with Crippen molar-refractivity contribution in [2.24, 2.45) is 11.8 Å². The second-order valence-corrected chi connectivity index (χ2v) is 6.36. The summed E-state index contributed by atoms with van der Waals surface area (Å²) in [5.41, 5.74) is 0. The fraction of sp³-hybridized carbons (Fsp3) is 0.867. The normalized spacial score (nSPS) is 36.3. The van der Waals surface area contributed by atoms with E-state index in [0.717, 1.165) is 45.1 Å². The smallest absolute Gasteiger partial charge is 0.326 e. The van der Waals surface area contributed by atoms with Crippen LogP contribution in [0, 0.1) is 11.8 Å². The summed E-state index contributed by atoms with van der Waals surface area (Å²) in [7, 11) is 0. The van der Waals surface area contributed by atoms with Gasteiger partial charge in [-0.15, -0.1) is 0 Å². The summed E-state index contributed by atoms with van der Waals surface area (Å²) >= 11 is 0. The van der Waals surface area contributed by atoms with Gasteiger partial charge in [-0.2, -0.15) is 0 Å². The quantitative estimate of drug-likeness (QED) is 0.851. The van der Waals surface area contributed by atoms with Crippen LogP contribution in [0.15, 0.2) is 0 Å². The van der Waals surface area contributed by atoms with Crippen LogP contribution < -0.4 is 0 Å². The number of nitrogens with zero attached hydrogens (tertiary/aromatic N) is 1. The van der Waals surface area contributed by atoms with Gasteiger partial charge < -0.3 is 14.7 Å². The predicted octanol–water partition coefficient (Wildman–Crippen LogP) is 1.66. The van der Waals surface area contributed by atoms with E-state index in [0.29, 0.717) is 18.9 Å². The van der Waals surface area contributed by atoms with Gasteiger partial charge in [0.1, 0.15) is 6.04 Å². The first kappa shape index (κ1) is 13.9. The number of fused-ring (bicyclic) bond motifs is 1. The predicted molar refractivity (Wildman–Crippen MR) is 72.2 cm³/mol. The number of amides is 1. The molecule has 4 atom stereocenters. The first-order valence-corrected chi connectivity index (χ1v) is 7.80. The molecule has 0 aromatic rings. The van der Waals surface area contributed by atoms with Crippen molar-refractivity contribution < 1.29 is 19.4 Å². The molecule has 3 fully saturated rings. The summed E-state index contributed by atoms with van der Waals surface area (Å²) in [5, 5.41) is 9.44.